The minimum Gasteiger partial charge on any atom is -0.373 e. The highest BCUT2D eigenvalue weighted by Gasteiger charge is 2.21. The number of hydrogen-bond acceptors (Lipinski definition) is 5. The lowest BCUT2D eigenvalue weighted by atomic mass is 10.1. The van der Waals surface area contributed by atoms with Gasteiger partial charge < -0.3 is 9.84 Å². The molecule has 1 aromatic carbocycles. The Morgan fingerprint density at radius 3 is 2.60 bits per heavy atom. The van der Waals surface area contributed by atoms with Gasteiger partial charge >= 0.3 is 0 Å². The van der Waals surface area contributed by atoms with Gasteiger partial charge in [-0.2, -0.15) is 0 Å². The molecule has 1 aromatic heterocycles. The van der Waals surface area contributed by atoms with E-state index < -0.39 is 0 Å². The van der Waals surface area contributed by atoms with E-state index in [1.807, 2.05) is 33.8 Å². The molecule has 0 saturated heterocycles. The molecule has 2 rings (SSSR count). The summed E-state index contributed by atoms with van der Waals surface area (Å²) >= 11 is 0. The lowest BCUT2D eigenvalue weighted by Gasteiger charge is -2.16. The number of rotatable bonds is 4. The standard InChI is InChI=1S/C14H17N3O3/c1-8-6-5-7-12(17(18)19)14(8)15-9(2)13-10(3)16-20-11(13)4/h5-7,9,15H,1-4H3. The molecule has 1 N–H and O–H groups in total. The monoisotopic (exact) mass is 275 g/mol. The Morgan fingerprint density at radius 1 is 1.35 bits per heavy atom. The van der Waals surface area contributed by atoms with Crippen LogP contribution in [0.3, 0.4) is 0 Å². The van der Waals surface area contributed by atoms with Crippen LogP contribution in [0.1, 0.15) is 35.5 Å². The summed E-state index contributed by atoms with van der Waals surface area (Å²) in [5, 5.41) is 18.2. The summed E-state index contributed by atoms with van der Waals surface area (Å²) in [7, 11) is 0. The van der Waals surface area contributed by atoms with Crippen molar-refractivity contribution in [2.75, 3.05) is 5.32 Å². The smallest absolute Gasteiger partial charge is 0.292 e. The largest absolute Gasteiger partial charge is 0.373 e. The molecule has 0 amide bonds. The van der Waals surface area contributed by atoms with Gasteiger partial charge in [0, 0.05) is 11.6 Å². The Hall–Kier alpha value is -2.37. The van der Waals surface area contributed by atoms with Crippen LogP contribution >= 0.6 is 0 Å². The first-order valence-electron chi connectivity index (χ1n) is 6.35. The number of nitrogens with one attached hydrogen (secondary N) is 1. The normalized spacial score (nSPS) is 12.2. The Balaban J connectivity index is 2.38. The molecule has 6 nitrogen and oxygen atoms in total. The minimum absolute atomic E-state index is 0.0728. The number of nitrogens with zero attached hydrogens (tertiary/aromatic N) is 2. The fourth-order valence-corrected chi connectivity index (χ4v) is 2.39. The topological polar surface area (TPSA) is 81.2 Å². The van der Waals surface area contributed by atoms with Crippen molar-refractivity contribution in [1.82, 2.24) is 5.16 Å². The maximum absolute atomic E-state index is 11.1. The highest BCUT2D eigenvalue weighted by atomic mass is 16.6. The van der Waals surface area contributed by atoms with Crippen molar-refractivity contribution in [3.8, 4) is 0 Å². The average molecular weight is 275 g/mol. The number of benzene rings is 1. The minimum atomic E-state index is -0.380. The van der Waals surface area contributed by atoms with Gasteiger partial charge in [-0.05, 0) is 33.3 Å². The lowest BCUT2D eigenvalue weighted by Crippen LogP contribution is -2.11. The fraction of sp³-hybridized carbons (Fsp3) is 0.357. The third-order valence-electron chi connectivity index (χ3n) is 3.33. The third kappa shape index (κ3) is 2.49. The molecule has 0 spiro atoms. The molecular formula is C14H17N3O3. The van der Waals surface area contributed by atoms with Crippen molar-refractivity contribution in [2.24, 2.45) is 0 Å². The highest BCUT2D eigenvalue weighted by Crippen LogP contribution is 2.32. The molecule has 106 valence electrons. The molecule has 0 aliphatic carbocycles. The fourth-order valence-electron chi connectivity index (χ4n) is 2.39. The number of nitro benzene ring substituents is 1. The summed E-state index contributed by atoms with van der Waals surface area (Å²) < 4.78 is 5.14. The van der Waals surface area contributed by atoms with E-state index in [2.05, 4.69) is 10.5 Å². The summed E-state index contributed by atoms with van der Waals surface area (Å²) in [6, 6.07) is 4.89. The van der Waals surface area contributed by atoms with Gasteiger partial charge in [-0.15, -0.1) is 0 Å². The Morgan fingerprint density at radius 2 is 2.05 bits per heavy atom. The Bertz CT molecular complexity index is 630. The van der Waals surface area contributed by atoms with E-state index in [0.717, 1.165) is 22.6 Å². The number of para-hydroxylation sites is 1. The molecule has 1 heterocycles. The molecule has 6 heteroatoms. The third-order valence-corrected chi connectivity index (χ3v) is 3.33. The van der Waals surface area contributed by atoms with E-state index in [9.17, 15) is 10.1 Å². The molecule has 0 fully saturated rings. The zero-order valence-corrected chi connectivity index (χ0v) is 11.9. The van der Waals surface area contributed by atoms with Gasteiger partial charge in [0.1, 0.15) is 11.4 Å². The second-order valence-corrected chi connectivity index (χ2v) is 4.83. The number of nitro groups is 1. The van der Waals surface area contributed by atoms with E-state index in [4.69, 9.17) is 4.52 Å². The van der Waals surface area contributed by atoms with E-state index in [-0.39, 0.29) is 16.7 Å². The van der Waals surface area contributed by atoms with Crippen LogP contribution in [-0.4, -0.2) is 10.1 Å². The summed E-state index contributed by atoms with van der Waals surface area (Å²) in [6.45, 7) is 7.47. The number of aryl methyl sites for hydroxylation is 3. The van der Waals surface area contributed by atoms with Crippen molar-refractivity contribution in [3.63, 3.8) is 0 Å². The predicted molar refractivity (Wildman–Crippen MR) is 75.8 cm³/mol. The van der Waals surface area contributed by atoms with Crippen LogP contribution in [-0.2, 0) is 0 Å². The average Bonchev–Trinajstić information content (AvgIpc) is 2.71. The molecule has 20 heavy (non-hydrogen) atoms. The number of hydrogen-bond donors (Lipinski definition) is 1. The van der Waals surface area contributed by atoms with E-state index >= 15 is 0 Å². The SMILES string of the molecule is Cc1cccc([N+](=O)[O-])c1NC(C)c1c(C)noc1C. The highest BCUT2D eigenvalue weighted by molar-refractivity contribution is 5.66. The summed E-state index contributed by atoms with van der Waals surface area (Å²) in [6.07, 6.45) is 0. The van der Waals surface area contributed by atoms with Gasteiger partial charge in [0.15, 0.2) is 0 Å². The molecular weight excluding hydrogens is 258 g/mol. The molecule has 0 aliphatic rings. The van der Waals surface area contributed by atoms with Crippen molar-refractivity contribution < 1.29 is 9.45 Å². The molecule has 0 aliphatic heterocycles. The molecule has 0 radical (unpaired) electrons. The molecule has 2 aromatic rings. The van der Waals surface area contributed by atoms with Crippen molar-refractivity contribution in [3.05, 3.63) is 50.9 Å². The summed E-state index contributed by atoms with van der Waals surface area (Å²) in [4.78, 5) is 10.7. The van der Waals surface area contributed by atoms with E-state index in [0.29, 0.717) is 5.69 Å². The first-order chi connectivity index (χ1) is 9.41. The Kier molecular flexibility index (Phi) is 3.74. The zero-order chi connectivity index (χ0) is 14.9. The van der Waals surface area contributed by atoms with Gasteiger partial charge in [-0.3, -0.25) is 10.1 Å². The molecule has 1 unspecified atom stereocenters. The van der Waals surface area contributed by atoms with Gasteiger partial charge in [0.25, 0.3) is 5.69 Å². The van der Waals surface area contributed by atoms with Crippen molar-refractivity contribution in [1.29, 1.82) is 0 Å². The summed E-state index contributed by atoms with van der Waals surface area (Å²) in [5.41, 5.74) is 3.16. The van der Waals surface area contributed by atoms with Crippen LogP contribution in [0.4, 0.5) is 11.4 Å². The molecule has 0 saturated carbocycles. The maximum Gasteiger partial charge on any atom is 0.292 e. The van der Waals surface area contributed by atoms with Crippen LogP contribution in [0.5, 0.6) is 0 Å². The zero-order valence-electron chi connectivity index (χ0n) is 11.9. The lowest BCUT2D eigenvalue weighted by molar-refractivity contribution is -0.384. The van der Waals surface area contributed by atoms with Crippen molar-refractivity contribution in [2.45, 2.75) is 33.7 Å². The first-order valence-corrected chi connectivity index (χ1v) is 6.35. The number of anilines is 1. The van der Waals surface area contributed by atoms with Crippen LogP contribution in [0, 0.1) is 30.9 Å². The van der Waals surface area contributed by atoms with Crippen LogP contribution in [0.2, 0.25) is 0 Å². The molecule has 1 atom stereocenters. The summed E-state index contributed by atoms with van der Waals surface area (Å²) in [5.74, 6) is 0.721. The van der Waals surface area contributed by atoms with Crippen LogP contribution in [0.15, 0.2) is 22.7 Å². The van der Waals surface area contributed by atoms with Crippen LogP contribution in [0.25, 0.3) is 0 Å². The Labute approximate surface area is 116 Å². The van der Waals surface area contributed by atoms with Gasteiger partial charge in [-0.25, -0.2) is 0 Å². The van der Waals surface area contributed by atoms with E-state index in [1.165, 1.54) is 6.07 Å². The quantitative estimate of drug-likeness (QED) is 0.680. The second kappa shape index (κ2) is 5.32. The van der Waals surface area contributed by atoms with Gasteiger partial charge in [-0.1, -0.05) is 17.3 Å². The van der Waals surface area contributed by atoms with Gasteiger partial charge in [0.2, 0.25) is 0 Å². The number of aromatic nitrogens is 1. The van der Waals surface area contributed by atoms with E-state index in [1.54, 1.807) is 6.07 Å². The first kappa shape index (κ1) is 14.0. The predicted octanol–water partition coefficient (Wildman–Crippen LogP) is 3.68. The van der Waals surface area contributed by atoms with Crippen LogP contribution < -0.4 is 5.32 Å². The van der Waals surface area contributed by atoms with Gasteiger partial charge in [0.05, 0.1) is 16.7 Å². The second-order valence-electron chi connectivity index (χ2n) is 4.83. The molecule has 0 bridgehead atoms. The maximum atomic E-state index is 11.1. The van der Waals surface area contributed by atoms with Crippen molar-refractivity contribution >= 4 is 11.4 Å².